The van der Waals surface area contributed by atoms with Crippen LogP contribution in [0.15, 0.2) is 53.3 Å². The third-order valence-electron chi connectivity index (χ3n) is 5.83. The molecule has 4 rings (SSSR count). The van der Waals surface area contributed by atoms with Crippen LogP contribution < -0.4 is 20.9 Å². The highest BCUT2D eigenvalue weighted by molar-refractivity contribution is 6.00. The summed E-state index contributed by atoms with van der Waals surface area (Å²) in [5.74, 6) is -0.346. The van der Waals surface area contributed by atoms with Crippen molar-refractivity contribution in [2.75, 3.05) is 18.7 Å². The molecular weight excluding hydrogens is 461 g/mol. The molecule has 11 heteroatoms. The van der Waals surface area contributed by atoms with Crippen LogP contribution in [0.1, 0.15) is 23.6 Å². The van der Waals surface area contributed by atoms with Gasteiger partial charge in [0.1, 0.15) is 19.1 Å². The monoisotopic (exact) mass is 481 g/mol. The van der Waals surface area contributed by atoms with E-state index >= 15 is 0 Å². The van der Waals surface area contributed by atoms with Gasteiger partial charge < -0.3 is 19.9 Å². The predicted molar refractivity (Wildman–Crippen MR) is 115 cm³/mol. The Bertz CT molecular complexity index is 1300. The molecule has 2 amide bonds. The van der Waals surface area contributed by atoms with Gasteiger partial charge in [-0.15, -0.1) is 0 Å². The molecule has 3 aromatic rings. The number of carbonyl (C=O) groups excluding carboxylic acids is 1. The topological polar surface area (TPSA) is 72.4 Å². The molecular formula is C23H20F5N3O3. The van der Waals surface area contributed by atoms with Crippen LogP contribution in [0, 0.1) is 0 Å². The van der Waals surface area contributed by atoms with Crippen molar-refractivity contribution >= 4 is 22.6 Å². The molecule has 1 aromatic heterocycles. The number of hydrogen-bond acceptors (Lipinski definition) is 3. The van der Waals surface area contributed by atoms with Crippen molar-refractivity contribution in [3.8, 4) is 5.75 Å². The molecule has 0 saturated carbocycles. The second-order valence-electron chi connectivity index (χ2n) is 8.13. The first kappa shape index (κ1) is 23.5. The zero-order valence-corrected chi connectivity index (χ0v) is 17.9. The largest absolute Gasteiger partial charge is 0.481 e. The molecule has 1 atom stereocenters. The van der Waals surface area contributed by atoms with Crippen LogP contribution >= 0.6 is 0 Å². The number of anilines is 1. The van der Waals surface area contributed by atoms with E-state index in [1.165, 1.54) is 10.6 Å². The molecule has 0 spiro atoms. The molecule has 0 aliphatic carbocycles. The number of alkyl halides is 5. The van der Waals surface area contributed by atoms with Crippen LogP contribution in [0.4, 0.5) is 32.4 Å². The maximum atomic E-state index is 13.7. The van der Waals surface area contributed by atoms with Gasteiger partial charge in [0.05, 0.1) is 22.8 Å². The summed E-state index contributed by atoms with van der Waals surface area (Å²) >= 11 is 0. The van der Waals surface area contributed by atoms with Crippen molar-refractivity contribution in [2.24, 2.45) is 7.05 Å². The minimum Gasteiger partial charge on any atom is -0.481 e. The number of ether oxygens (including phenoxy) is 1. The fraction of sp³-hybridized carbons (Fsp3) is 0.304. The highest BCUT2D eigenvalue weighted by Gasteiger charge is 2.43. The van der Waals surface area contributed by atoms with E-state index in [1.54, 1.807) is 31.3 Å². The summed E-state index contributed by atoms with van der Waals surface area (Å²) < 4.78 is 73.6. The van der Waals surface area contributed by atoms with Gasteiger partial charge in [-0.2, -0.15) is 13.2 Å². The number of benzene rings is 2. The van der Waals surface area contributed by atoms with E-state index in [4.69, 9.17) is 4.74 Å². The first-order chi connectivity index (χ1) is 16.1. The molecule has 0 radical (unpaired) electrons. The van der Waals surface area contributed by atoms with Gasteiger partial charge in [-0.3, -0.25) is 4.79 Å². The lowest BCUT2D eigenvalue weighted by Gasteiger charge is -2.39. The number of rotatable bonds is 4. The highest BCUT2D eigenvalue weighted by Crippen LogP contribution is 2.43. The lowest BCUT2D eigenvalue weighted by molar-refractivity contribution is -0.137. The molecule has 0 fully saturated rings. The van der Waals surface area contributed by atoms with Crippen molar-refractivity contribution in [3.63, 3.8) is 0 Å². The number of hydrogen-bond donors (Lipinski definition) is 2. The van der Waals surface area contributed by atoms with E-state index < -0.39 is 42.8 Å². The highest BCUT2D eigenvalue weighted by atomic mass is 19.4. The van der Waals surface area contributed by atoms with Crippen molar-refractivity contribution in [3.05, 3.63) is 70.0 Å². The number of urea groups is 1. The molecule has 34 heavy (non-hydrogen) atoms. The Hall–Kier alpha value is -3.63. The van der Waals surface area contributed by atoms with E-state index in [2.05, 4.69) is 10.6 Å². The smallest absolute Gasteiger partial charge is 0.416 e. The number of amides is 2. The Kier molecular flexibility index (Phi) is 5.96. The van der Waals surface area contributed by atoms with Crippen molar-refractivity contribution < 1.29 is 31.5 Å². The first-order valence-electron chi connectivity index (χ1n) is 10.3. The fourth-order valence-electron chi connectivity index (χ4n) is 4.00. The van der Waals surface area contributed by atoms with Crippen LogP contribution in [0.25, 0.3) is 10.9 Å². The van der Waals surface area contributed by atoms with Crippen molar-refractivity contribution in [2.45, 2.75) is 24.2 Å². The Labute approximate surface area is 190 Å². The van der Waals surface area contributed by atoms with Crippen LogP contribution in [0.5, 0.6) is 5.75 Å². The number of pyridine rings is 1. The normalized spacial score (nSPS) is 17.1. The van der Waals surface area contributed by atoms with E-state index in [9.17, 15) is 31.5 Å². The zero-order chi connectivity index (χ0) is 24.7. The summed E-state index contributed by atoms with van der Waals surface area (Å²) in [4.78, 5) is 24.7. The van der Waals surface area contributed by atoms with Crippen molar-refractivity contribution in [1.82, 2.24) is 9.88 Å². The summed E-state index contributed by atoms with van der Waals surface area (Å²) in [7, 11) is 1.58. The summed E-state index contributed by atoms with van der Waals surface area (Å²) in [6.45, 7) is -2.59. The summed E-state index contributed by atoms with van der Waals surface area (Å²) in [6.07, 6.45) is -5.01. The molecule has 2 aromatic carbocycles. The quantitative estimate of drug-likeness (QED) is 0.522. The molecule has 2 N–H and O–H groups in total. The summed E-state index contributed by atoms with van der Waals surface area (Å²) in [5, 5.41) is 5.79. The van der Waals surface area contributed by atoms with Gasteiger partial charge in [-0.25, -0.2) is 13.6 Å². The average Bonchev–Trinajstić information content (AvgIpc) is 2.80. The third kappa shape index (κ3) is 4.29. The van der Waals surface area contributed by atoms with Crippen molar-refractivity contribution in [1.29, 1.82) is 0 Å². The predicted octanol–water partition coefficient (Wildman–Crippen LogP) is 4.88. The van der Waals surface area contributed by atoms with E-state index in [0.717, 1.165) is 12.1 Å². The molecule has 6 nitrogen and oxygen atoms in total. The number of nitrogens with one attached hydrogen (secondary N) is 2. The average molecular weight is 481 g/mol. The molecule has 1 aliphatic heterocycles. The van der Waals surface area contributed by atoms with E-state index in [-0.39, 0.29) is 23.3 Å². The van der Waals surface area contributed by atoms with Crippen LogP contribution in [0.2, 0.25) is 0 Å². The molecule has 2 heterocycles. The van der Waals surface area contributed by atoms with Gasteiger partial charge in [-0.1, -0.05) is 12.1 Å². The minimum atomic E-state index is -4.68. The second-order valence-corrected chi connectivity index (χ2v) is 8.13. The van der Waals surface area contributed by atoms with Crippen LogP contribution in [0.3, 0.4) is 0 Å². The Morgan fingerprint density at radius 3 is 2.56 bits per heavy atom. The Morgan fingerprint density at radius 1 is 1.15 bits per heavy atom. The molecule has 0 saturated heterocycles. The Morgan fingerprint density at radius 2 is 1.88 bits per heavy atom. The summed E-state index contributed by atoms with van der Waals surface area (Å²) in [6, 6.07) is 8.68. The molecule has 180 valence electrons. The molecule has 0 bridgehead atoms. The number of carbonyl (C=O) groups is 1. The summed E-state index contributed by atoms with van der Waals surface area (Å²) in [5.41, 5.74) is -2.19. The van der Waals surface area contributed by atoms with Gasteiger partial charge in [-0.05, 0) is 30.3 Å². The van der Waals surface area contributed by atoms with Gasteiger partial charge >= 0.3 is 12.2 Å². The maximum Gasteiger partial charge on any atom is 0.416 e. The second kappa shape index (κ2) is 8.62. The molecule has 1 aliphatic rings. The standard InChI is InChI=1S/C23H20F5N3O3/c1-31-18-4-2-3-16(14(18)7-8-20(31)32)29-21(33)30-17-10-22(11-24,12-25)34-19-9-13(23(26,27)28)5-6-15(17)19/h2-9,17H,10-12H2,1H3,(H2,29,30,33)/t17-/m1/s1. The Balaban J connectivity index is 1.65. The lowest BCUT2D eigenvalue weighted by atomic mass is 9.88. The number of aromatic nitrogens is 1. The minimum absolute atomic E-state index is 0.168. The number of fused-ring (bicyclic) bond motifs is 2. The zero-order valence-electron chi connectivity index (χ0n) is 17.9. The SMILES string of the molecule is Cn1c(=O)ccc2c(NC(=O)N[C@@H]3CC(CF)(CF)Oc4cc(C(F)(F)F)ccc43)cccc21. The van der Waals surface area contributed by atoms with E-state index in [1.807, 2.05) is 0 Å². The number of halogens is 5. The number of aryl methyl sites for hydroxylation is 1. The molecule has 0 unspecified atom stereocenters. The van der Waals surface area contributed by atoms with Crippen LogP contribution in [-0.4, -0.2) is 29.5 Å². The number of nitrogens with zero attached hydrogens (tertiary/aromatic N) is 1. The lowest BCUT2D eigenvalue weighted by Crippen LogP contribution is -2.49. The van der Waals surface area contributed by atoms with Gasteiger partial charge in [0.15, 0.2) is 5.60 Å². The van der Waals surface area contributed by atoms with Gasteiger partial charge in [0.25, 0.3) is 5.56 Å². The third-order valence-corrected chi connectivity index (χ3v) is 5.83. The van der Waals surface area contributed by atoms with E-state index in [0.29, 0.717) is 22.7 Å². The fourth-order valence-corrected chi connectivity index (χ4v) is 4.00. The van der Waals surface area contributed by atoms with Gasteiger partial charge in [0.2, 0.25) is 0 Å². The first-order valence-corrected chi connectivity index (χ1v) is 10.3. The van der Waals surface area contributed by atoms with Crippen LogP contribution in [-0.2, 0) is 13.2 Å². The maximum absolute atomic E-state index is 13.7. The van der Waals surface area contributed by atoms with Gasteiger partial charge in [0, 0.05) is 30.5 Å².